The summed E-state index contributed by atoms with van der Waals surface area (Å²) < 4.78 is 0. The molecule has 0 saturated carbocycles. The van der Waals surface area contributed by atoms with Crippen molar-refractivity contribution in [2.75, 3.05) is 5.73 Å². The maximum absolute atomic E-state index is 5.68. The fourth-order valence-corrected chi connectivity index (χ4v) is 1.04. The molecule has 1 heteroatoms. The average Bonchev–Trinajstić information content (AvgIpc) is 2.03. The third-order valence-corrected chi connectivity index (χ3v) is 1.71. The monoisotopic (exact) mass is 159 g/mol. The van der Waals surface area contributed by atoms with E-state index >= 15 is 0 Å². The molecule has 0 spiro atoms. The Kier molecular flexibility index (Phi) is 2.34. The second-order valence-corrected chi connectivity index (χ2v) is 2.87. The largest absolute Gasteiger partial charge is 0.399 e. The van der Waals surface area contributed by atoms with Crippen molar-refractivity contribution in [3.63, 3.8) is 0 Å². The van der Waals surface area contributed by atoms with E-state index in [9.17, 15) is 0 Å². The molecule has 0 aliphatic heterocycles. The molecular formula is C11H13N. The number of nitrogen functional groups attached to an aromatic ring is 1. The van der Waals surface area contributed by atoms with Crippen LogP contribution in [0.25, 0.3) is 11.6 Å². The Hall–Kier alpha value is -1.50. The van der Waals surface area contributed by atoms with Gasteiger partial charge >= 0.3 is 0 Å². The van der Waals surface area contributed by atoms with Gasteiger partial charge in [-0.15, -0.1) is 0 Å². The summed E-state index contributed by atoms with van der Waals surface area (Å²) in [5.41, 5.74) is 9.57. The molecule has 0 radical (unpaired) electrons. The molecule has 1 nitrogen and oxygen atoms in total. The van der Waals surface area contributed by atoms with Crippen LogP contribution in [0.15, 0.2) is 31.4 Å². The molecule has 0 unspecified atom stereocenters. The van der Waals surface area contributed by atoms with Gasteiger partial charge in [-0.3, -0.25) is 0 Å². The fourth-order valence-electron chi connectivity index (χ4n) is 1.04. The minimum Gasteiger partial charge on any atom is -0.399 e. The standard InChI is InChI=1S/C11H13N/c1-4-9-5-10(8(2)3)7-11(12)6-9/h4-7H,1-2,12H2,3H3. The summed E-state index contributed by atoms with van der Waals surface area (Å²) in [5, 5.41) is 0. The smallest absolute Gasteiger partial charge is 0.0326 e. The van der Waals surface area contributed by atoms with Crippen molar-refractivity contribution in [3.05, 3.63) is 42.5 Å². The number of benzene rings is 1. The van der Waals surface area contributed by atoms with Crippen molar-refractivity contribution in [2.45, 2.75) is 6.92 Å². The molecule has 62 valence electrons. The second-order valence-electron chi connectivity index (χ2n) is 2.87. The molecule has 1 rings (SSSR count). The van der Waals surface area contributed by atoms with Crippen molar-refractivity contribution >= 4 is 17.3 Å². The van der Waals surface area contributed by atoms with Gasteiger partial charge in [-0.05, 0) is 36.2 Å². The Morgan fingerprint density at radius 2 is 2.08 bits per heavy atom. The van der Waals surface area contributed by atoms with Crippen LogP contribution in [0.2, 0.25) is 0 Å². The van der Waals surface area contributed by atoms with E-state index in [4.69, 9.17) is 5.73 Å². The minimum atomic E-state index is 0.755. The van der Waals surface area contributed by atoms with E-state index in [2.05, 4.69) is 13.2 Å². The summed E-state index contributed by atoms with van der Waals surface area (Å²) in [6, 6.07) is 5.82. The van der Waals surface area contributed by atoms with E-state index in [1.54, 1.807) is 6.08 Å². The SMILES string of the molecule is C=Cc1cc(N)cc(C(=C)C)c1. The molecule has 12 heavy (non-hydrogen) atoms. The second kappa shape index (κ2) is 3.26. The Morgan fingerprint density at radius 3 is 2.58 bits per heavy atom. The summed E-state index contributed by atoms with van der Waals surface area (Å²) >= 11 is 0. The van der Waals surface area contributed by atoms with Crippen LogP contribution < -0.4 is 5.73 Å². The molecule has 0 aliphatic carbocycles. The summed E-state index contributed by atoms with van der Waals surface area (Å²) in [7, 11) is 0. The molecule has 2 N–H and O–H groups in total. The van der Waals surface area contributed by atoms with Crippen molar-refractivity contribution in [2.24, 2.45) is 0 Å². The van der Waals surface area contributed by atoms with Gasteiger partial charge in [0.2, 0.25) is 0 Å². The highest BCUT2D eigenvalue weighted by Crippen LogP contribution is 2.18. The Morgan fingerprint density at radius 1 is 1.42 bits per heavy atom. The predicted octanol–water partition coefficient (Wildman–Crippen LogP) is 2.94. The summed E-state index contributed by atoms with van der Waals surface area (Å²) in [6.45, 7) is 9.50. The molecule has 0 saturated heterocycles. The summed E-state index contributed by atoms with van der Waals surface area (Å²) in [6.07, 6.45) is 1.78. The lowest BCUT2D eigenvalue weighted by molar-refractivity contribution is 1.55. The third kappa shape index (κ3) is 1.76. The number of nitrogens with two attached hydrogens (primary N) is 1. The first-order valence-corrected chi connectivity index (χ1v) is 3.82. The van der Waals surface area contributed by atoms with Crippen LogP contribution in [0, 0.1) is 0 Å². The van der Waals surface area contributed by atoms with E-state index < -0.39 is 0 Å². The van der Waals surface area contributed by atoms with Gasteiger partial charge < -0.3 is 5.73 Å². The average molecular weight is 159 g/mol. The molecule has 1 aromatic rings. The van der Waals surface area contributed by atoms with Gasteiger partial charge in [0.05, 0.1) is 0 Å². The number of hydrogen-bond donors (Lipinski definition) is 1. The quantitative estimate of drug-likeness (QED) is 0.660. The van der Waals surface area contributed by atoms with Crippen LogP contribution in [0.1, 0.15) is 18.1 Å². The molecular weight excluding hydrogens is 146 g/mol. The molecule has 0 fully saturated rings. The molecule has 0 amide bonds. The highest BCUT2D eigenvalue weighted by molar-refractivity contribution is 5.69. The van der Waals surface area contributed by atoms with Gasteiger partial charge in [0.25, 0.3) is 0 Å². The molecule has 0 atom stereocenters. The van der Waals surface area contributed by atoms with Crippen LogP contribution in [-0.4, -0.2) is 0 Å². The fraction of sp³-hybridized carbons (Fsp3) is 0.0909. The molecule has 0 aromatic heterocycles. The predicted molar refractivity (Wildman–Crippen MR) is 55.7 cm³/mol. The van der Waals surface area contributed by atoms with E-state index in [-0.39, 0.29) is 0 Å². The maximum atomic E-state index is 5.68. The zero-order valence-electron chi connectivity index (χ0n) is 7.30. The minimum absolute atomic E-state index is 0.755. The lowest BCUT2D eigenvalue weighted by atomic mass is 10.0. The number of anilines is 1. The molecule has 0 bridgehead atoms. The zero-order chi connectivity index (χ0) is 9.14. The first kappa shape index (κ1) is 8.60. The Labute approximate surface area is 73.2 Å². The van der Waals surface area contributed by atoms with Crippen molar-refractivity contribution in [1.29, 1.82) is 0 Å². The van der Waals surface area contributed by atoms with Crippen LogP contribution in [-0.2, 0) is 0 Å². The highest BCUT2D eigenvalue weighted by atomic mass is 14.5. The van der Waals surface area contributed by atoms with Crippen LogP contribution in [0.3, 0.4) is 0 Å². The van der Waals surface area contributed by atoms with E-state index in [0.29, 0.717) is 0 Å². The van der Waals surface area contributed by atoms with E-state index in [1.165, 1.54) is 0 Å². The summed E-state index contributed by atoms with van der Waals surface area (Å²) in [4.78, 5) is 0. The summed E-state index contributed by atoms with van der Waals surface area (Å²) in [5.74, 6) is 0. The Bertz CT molecular complexity index is 324. The van der Waals surface area contributed by atoms with Gasteiger partial charge in [-0.1, -0.05) is 24.8 Å². The number of hydrogen-bond acceptors (Lipinski definition) is 1. The van der Waals surface area contributed by atoms with Gasteiger partial charge in [-0.25, -0.2) is 0 Å². The van der Waals surface area contributed by atoms with Gasteiger partial charge in [-0.2, -0.15) is 0 Å². The zero-order valence-corrected chi connectivity index (χ0v) is 7.30. The van der Waals surface area contributed by atoms with Crippen LogP contribution in [0.5, 0.6) is 0 Å². The maximum Gasteiger partial charge on any atom is 0.0326 e. The molecule has 1 aromatic carbocycles. The number of rotatable bonds is 2. The normalized spacial score (nSPS) is 9.42. The van der Waals surface area contributed by atoms with Crippen LogP contribution in [0.4, 0.5) is 5.69 Å². The Balaban J connectivity index is 3.23. The third-order valence-electron chi connectivity index (χ3n) is 1.71. The van der Waals surface area contributed by atoms with Gasteiger partial charge in [0, 0.05) is 5.69 Å². The number of allylic oxidation sites excluding steroid dienone is 1. The van der Waals surface area contributed by atoms with E-state index in [1.807, 2.05) is 25.1 Å². The van der Waals surface area contributed by atoms with Crippen molar-refractivity contribution < 1.29 is 0 Å². The van der Waals surface area contributed by atoms with Crippen molar-refractivity contribution in [3.8, 4) is 0 Å². The van der Waals surface area contributed by atoms with Crippen molar-refractivity contribution in [1.82, 2.24) is 0 Å². The molecule has 0 aliphatic rings. The lowest BCUT2D eigenvalue weighted by Crippen LogP contribution is -1.88. The topological polar surface area (TPSA) is 26.0 Å². The first-order chi connectivity index (χ1) is 5.63. The van der Waals surface area contributed by atoms with Gasteiger partial charge in [0.1, 0.15) is 0 Å². The van der Waals surface area contributed by atoms with Crippen LogP contribution >= 0.6 is 0 Å². The van der Waals surface area contributed by atoms with Gasteiger partial charge in [0.15, 0.2) is 0 Å². The lowest BCUT2D eigenvalue weighted by Gasteiger charge is -2.03. The highest BCUT2D eigenvalue weighted by Gasteiger charge is 1.96. The van der Waals surface area contributed by atoms with E-state index in [0.717, 1.165) is 22.4 Å². The first-order valence-electron chi connectivity index (χ1n) is 3.82. The molecule has 0 heterocycles.